The summed E-state index contributed by atoms with van der Waals surface area (Å²) in [5.41, 5.74) is 2.87. The molecule has 0 heterocycles. The minimum absolute atomic E-state index is 0.303. The van der Waals surface area contributed by atoms with Crippen molar-refractivity contribution >= 4 is 0 Å². The summed E-state index contributed by atoms with van der Waals surface area (Å²) in [6.45, 7) is 4.03. The van der Waals surface area contributed by atoms with Crippen LogP contribution in [0.5, 0.6) is 5.75 Å². The third-order valence-electron chi connectivity index (χ3n) is 2.92. The van der Waals surface area contributed by atoms with Crippen LogP contribution in [0, 0.1) is 18.8 Å². The Labute approximate surface area is 120 Å². The number of rotatable bonds is 3. The Morgan fingerprint density at radius 1 is 1.15 bits per heavy atom. The van der Waals surface area contributed by atoms with E-state index < -0.39 is 6.10 Å². The molecule has 0 saturated heterocycles. The molecule has 0 radical (unpaired) electrons. The summed E-state index contributed by atoms with van der Waals surface area (Å²) in [4.78, 5) is 0. The van der Waals surface area contributed by atoms with Crippen LogP contribution in [0.25, 0.3) is 0 Å². The maximum Gasteiger partial charge on any atom is 0.149 e. The first kappa shape index (κ1) is 14.2. The zero-order valence-corrected chi connectivity index (χ0v) is 11.8. The molecule has 1 unspecified atom stereocenters. The number of hydrogen-bond acceptors (Lipinski definition) is 2. The molecule has 0 aliphatic rings. The highest BCUT2D eigenvalue weighted by Crippen LogP contribution is 2.26. The zero-order valence-electron chi connectivity index (χ0n) is 11.8. The van der Waals surface area contributed by atoms with E-state index in [0.717, 1.165) is 16.7 Å². The molecular weight excluding hydrogens is 248 g/mol. The van der Waals surface area contributed by atoms with Crippen molar-refractivity contribution in [2.24, 2.45) is 0 Å². The molecule has 0 spiro atoms. The summed E-state index contributed by atoms with van der Waals surface area (Å²) >= 11 is 0. The van der Waals surface area contributed by atoms with Crippen LogP contribution in [0.2, 0.25) is 0 Å². The highest BCUT2D eigenvalue weighted by Gasteiger charge is 2.08. The molecule has 2 rings (SSSR count). The lowest BCUT2D eigenvalue weighted by atomic mass is 10.1. The van der Waals surface area contributed by atoms with E-state index in [1.807, 2.05) is 55.5 Å². The van der Waals surface area contributed by atoms with Crippen molar-refractivity contribution in [3.05, 3.63) is 65.2 Å². The fourth-order valence-corrected chi connectivity index (χ4v) is 1.90. The Morgan fingerprint density at radius 3 is 2.60 bits per heavy atom. The van der Waals surface area contributed by atoms with Gasteiger partial charge in [-0.1, -0.05) is 41.7 Å². The Hall–Kier alpha value is -2.24. The van der Waals surface area contributed by atoms with Gasteiger partial charge in [0.2, 0.25) is 0 Å². The van der Waals surface area contributed by atoms with Gasteiger partial charge in [-0.05, 0) is 38.1 Å². The second kappa shape index (κ2) is 6.79. The summed E-state index contributed by atoms with van der Waals surface area (Å²) in [7, 11) is 0. The predicted molar refractivity (Wildman–Crippen MR) is 80.6 cm³/mol. The summed E-state index contributed by atoms with van der Waals surface area (Å²) < 4.78 is 5.64. The highest BCUT2D eigenvalue weighted by atomic mass is 16.5. The largest absolute Gasteiger partial charge is 0.481 e. The molecule has 0 aliphatic carbocycles. The molecule has 2 heteroatoms. The second-order valence-electron chi connectivity index (χ2n) is 4.67. The number of aryl methyl sites for hydroxylation is 1. The summed E-state index contributed by atoms with van der Waals surface area (Å²) in [5.74, 6) is 6.70. The molecule has 20 heavy (non-hydrogen) atoms. The minimum Gasteiger partial charge on any atom is -0.481 e. The minimum atomic E-state index is -0.549. The van der Waals surface area contributed by atoms with Crippen molar-refractivity contribution in [2.75, 3.05) is 6.61 Å². The van der Waals surface area contributed by atoms with E-state index in [1.165, 1.54) is 0 Å². The van der Waals surface area contributed by atoms with Crippen molar-refractivity contribution < 1.29 is 9.84 Å². The lowest BCUT2D eigenvalue weighted by Gasteiger charge is -2.12. The van der Waals surface area contributed by atoms with E-state index in [-0.39, 0.29) is 0 Å². The van der Waals surface area contributed by atoms with Crippen LogP contribution in [0.3, 0.4) is 0 Å². The number of aliphatic hydroxyl groups excluding tert-OH is 1. The van der Waals surface area contributed by atoms with Crippen molar-refractivity contribution in [3.63, 3.8) is 0 Å². The van der Waals surface area contributed by atoms with Crippen LogP contribution in [-0.4, -0.2) is 11.7 Å². The van der Waals surface area contributed by atoms with E-state index in [4.69, 9.17) is 4.74 Å². The molecular formula is C18H18O2. The normalized spacial score (nSPS) is 11.3. The first-order valence-electron chi connectivity index (χ1n) is 6.62. The van der Waals surface area contributed by atoms with Crippen LogP contribution < -0.4 is 4.74 Å². The smallest absolute Gasteiger partial charge is 0.149 e. The van der Waals surface area contributed by atoms with Crippen molar-refractivity contribution in [3.8, 4) is 17.6 Å². The summed E-state index contributed by atoms with van der Waals surface area (Å²) in [6.07, 6.45) is -0.549. The number of hydrogen-bond donors (Lipinski definition) is 1. The van der Waals surface area contributed by atoms with Gasteiger partial charge in [0.1, 0.15) is 12.4 Å². The monoisotopic (exact) mass is 266 g/mol. The molecule has 0 amide bonds. The molecule has 2 aromatic carbocycles. The van der Waals surface area contributed by atoms with Gasteiger partial charge >= 0.3 is 0 Å². The molecule has 1 atom stereocenters. The molecule has 1 N–H and O–H groups in total. The van der Waals surface area contributed by atoms with Crippen LogP contribution in [0.1, 0.15) is 29.7 Å². The zero-order chi connectivity index (χ0) is 14.4. The molecule has 2 aromatic rings. The Balaban J connectivity index is 2.03. The topological polar surface area (TPSA) is 29.5 Å². The van der Waals surface area contributed by atoms with Crippen molar-refractivity contribution in [1.29, 1.82) is 0 Å². The van der Waals surface area contributed by atoms with Gasteiger partial charge in [-0.15, -0.1) is 0 Å². The number of ether oxygens (including phenoxy) is 1. The van der Waals surface area contributed by atoms with Gasteiger partial charge in [-0.3, -0.25) is 0 Å². The fraction of sp³-hybridized carbons (Fsp3) is 0.222. The van der Waals surface area contributed by atoms with E-state index in [9.17, 15) is 5.11 Å². The lowest BCUT2D eigenvalue weighted by Crippen LogP contribution is -2.01. The van der Waals surface area contributed by atoms with E-state index in [0.29, 0.717) is 12.4 Å². The molecule has 102 valence electrons. The van der Waals surface area contributed by atoms with Gasteiger partial charge in [-0.2, -0.15) is 0 Å². The van der Waals surface area contributed by atoms with Crippen molar-refractivity contribution in [2.45, 2.75) is 20.0 Å². The molecule has 0 aromatic heterocycles. The van der Waals surface area contributed by atoms with E-state index in [2.05, 4.69) is 11.8 Å². The Morgan fingerprint density at radius 2 is 1.90 bits per heavy atom. The first-order chi connectivity index (χ1) is 9.66. The standard InChI is InChI=1S/C18H18O2/c1-14-10-11-18(17(13-14)15(2)19)20-12-6-9-16-7-4-3-5-8-16/h3-5,7-8,10-11,13,15,19H,12H2,1-2H3. The molecule has 0 bridgehead atoms. The van der Waals surface area contributed by atoms with Crippen LogP contribution >= 0.6 is 0 Å². The van der Waals surface area contributed by atoms with Crippen LogP contribution in [0.15, 0.2) is 48.5 Å². The van der Waals surface area contributed by atoms with Gasteiger partial charge in [-0.25, -0.2) is 0 Å². The first-order valence-corrected chi connectivity index (χ1v) is 6.62. The van der Waals surface area contributed by atoms with Crippen LogP contribution in [-0.2, 0) is 0 Å². The molecule has 0 fully saturated rings. The van der Waals surface area contributed by atoms with Crippen LogP contribution in [0.4, 0.5) is 0 Å². The highest BCUT2D eigenvalue weighted by molar-refractivity contribution is 5.39. The third-order valence-corrected chi connectivity index (χ3v) is 2.92. The predicted octanol–water partition coefficient (Wildman–Crippen LogP) is 3.48. The number of aliphatic hydroxyl groups is 1. The van der Waals surface area contributed by atoms with E-state index >= 15 is 0 Å². The summed E-state index contributed by atoms with van der Waals surface area (Å²) in [6, 6.07) is 15.6. The second-order valence-corrected chi connectivity index (χ2v) is 4.67. The van der Waals surface area contributed by atoms with Gasteiger partial charge in [0.25, 0.3) is 0 Å². The average Bonchev–Trinajstić information content (AvgIpc) is 2.45. The molecule has 2 nitrogen and oxygen atoms in total. The third kappa shape index (κ3) is 3.88. The number of benzene rings is 2. The van der Waals surface area contributed by atoms with Gasteiger partial charge < -0.3 is 9.84 Å². The van der Waals surface area contributed by atoms with E-state index in [1.54, 1.807) is 6.92 Å². The fourth-order valence-electron chi connectivity index (χ4n) is 1.90. The Bertz CT molecular complexity index is 619. The Kier molecular flexibility index (Phi) is 4.81. The lowest BCUT2D eigenvalue weighted by molar-refractivity contribution is 0.193. The maximum absolute atomic E-state index is 9.75. The average molecular weight is 266 g/mol. The SMILES string of the molecule is Cc1ccc(OCC#Cc2ccccc2)c(C(C)O)c1. The molecule has 0 saturated carbocycles. The van der Waals surface area contributed by atoms with Crippen molar-refractivity contribution in [1.82, 2.24) is 0 Å². The van der Waals surface area contributed by atoms with Gasteiger partial charge in [0.05, 0.1) is 6.10 Å². The maximum atomic E-state index is 9.75. The van der Waals surface area contributed by atoms with Gasteiger partial charge in [0.15, 0.2) is 0 Å². The quantitative estimate of drug-likeness (QED) is 0.862. The molecule has 0 aliphatic heterocycles. The van der Waals surface area contributed by atoms with Gasteiger partial charge in [0, 0.05) is 11.1 Å². The summed E-state index contributed by atoms with van der Waals surface area (Å²) in [5, 5.41) is 9.75.